The van der Waals surface area contributed by atoms with Gasteiger partial charge in [-0.25, -0.2) is 0 Å². The van der Waals surface area contributed by atoms with Crippen molar-refractivity contribution in [3.8, 4) is 0 Å². The van der Waals surface area contributed by atoms with Crippen LogP contribution < -0.4 is 10.6 Å². The Morgan fingerprint density at radius 1 is 1.35 bits per heavy atom. The second kappa shape index (κ2) is 6.59. The monoisotopic (exact) mass is 241 g/mol. The van der Waals surface area contributed by atoms with Gasteiger partial charge in [0.05, 0.1) is 12.6 Å². The fourth-order valence-electron chi connectivity index (χ4n) is 2.15. The second-order valence-corrected chi connectivity index (χ2v) is 4.48. The Hall–Kier alpha value is -1.10. The zero-order valence-electron chi connectivity index (χ0n) is 11.0. The molecule has 2 amide bonds. The third kappa shape index (κ3) is 3.70. The number of likely N-dealkylation sites (N-methyl/N-ethyl adjacent to an activating group) is 1. The fraction of sp³-hybridized carbons (Fsp3) is 0.833. The smallest absolute Gasteiger partial charge is 0.241 e. The topological polar surface area (TPSA) is 61.4 Å². The molecule has 2 unspecified atom stereocenters. The zero-order valence-corrected chi connectivity index (χ0v) is 11.0. The van der Waals surface area contributed by atoms with E-state index in [-0.39, 0.29) is 24.4 Å². The average Bonchev–Trinajstić information content (AvgIpc) is 2.74. The first-order valence-corrected chi connectivity index (χ1v) is 6.39. The van der Waals surface area contributed by atoms with Crippen LogP contribution in [0, 0.1) is 5.92 Å². The molecular weight excluding hydrogens is 218 g/mol. The minimum Gasteiger partial charge on any atom is -0.346 e. The Balaban J connectivity index is 2.35. The molecule has 1 aliphatic rings. The molecule has 0 aliphatic carbocycles. The summed E-state index contributed by atoms with van der Waals surface area (Å²) in [6, 6.07) is -0.139. The van der Waals surface area contributed by atoms with Gasteiger partial charge < -0.3 is 15.5 Å². The molecule has 0 spiro atoms. The van der Waals surface area contributed by atoms with Crippen molar-refractivity contribution in [2.24, 2.45) is 5.92 Å². The summed E-state index contributed by atoms with van der Waals surface area (Å²) in [6.07, 6.45) is 1.02. The van der Waals surface area contributed by atoms with Crippen LogP contribution >= 0.6 is 0 Å². The normalized spacial score (nSPS) is 23.5. The molecule has 2 atom stereocenters. The molecule has 0 aromatic carbocycles. The van der Waals surface area contributed by atoms with Crippen LogP contribution in [0.1, 0.15) is 27.2 Å². The van der Waals surface area contributed by atoms with Crippen LogP contribution in [0.15, 0.2) is 0 Å². The molecule has 1 saturated heterocycles. The van der Waals surface area contributed by atoms with Gasteiger partial charge in [-0.2, -0.15) is 0 Å². The first-order valence-electron chi connectivity index (χ1n) is 6.39. The molecule has 0 aromatic heterocycles. The molecule has 0 saturated carbocycles. The van der Waals surface area contributed by atoms with Gasteiger partial charge in [0.2, 0.25) is 11.8 Å². The van der Waals surface area contributed by atoms with Crippen molar-refractivity contribution < 1.29 is 9.59 Å². The lowest BCUT2D eigenvalue weighted by Gasteiger charge is -2.20. The van der Waals surface area contributed by atoms with Crippen molar-refractivity contribution in [3.63, 3.8) is 0 Å². The van der Waals surface area contributed by atoms with E-state index in [1.807, 2.05) is 13.8 Å². The van der Waals surface area contributed by atoms with E-state index in [1.54, 1.807) is 4.90 Å². The van der Waals surface area contributed by atoms with E-state index < -0.39 is 0 Å². The summed E-state index contributed by atoms with van der Waals surface area (Å²) in [7, 11) is 0. The zero-order chi connectivity index (χ0) is 12.8. The van der Waals surface area contributed by atoms with Crippen LogP contribution in [-0.4, -0.2) is 48.9 Å². The van der Waals surface area contributed by atoms with Crippen LogP contribution in [-0.2, 0) is 9.59 Å². The second-order valence-electron chi connectivity index (χ2n) is 4.48. The first-order chi connectivity index (χ1) is 8.10. The molecule has 5 nitrogen and oxygen atoms in total. The highest BCUT2D eigenvalue weighted by Crippen LogP contribution is 2.13. The molecule has 1 heterocycles. The minimum absolute atomic E-state index is 0.0194. The van der Waals surface area contributed by atoms with Crippen molar-refractivity contribution in [3.05, 3.63) is 0 Å². The van der Waals surface area contributed by atoms with Gasteiger partial charge in [-0.05, 0) is 32.7 Å². The molecule has 2 N–H and O–H groups in total. The number of carbonyl (C=O) groups excluding carboxylic acids is 2. The number of hydrogen-bond donors (Lipinski definition) is 2. The summed E-state index contributed by atoms with van der Waals surface area (Å²) >= 11 is 0. The van der Waals surface area contributed by atoms with Crippen LogP contribution in [0.25, 0.3) is 0 Å². The Kier molecular flexibility index (Phi) is 5.41. The lowest BCUT2D eigenvalue weighted by atomic mass is 10.0. The van der Waals surface area contributed by atoms with Crippen molar-refractivity contribution in [1.82, 2.24) is 15.5 Å². The molecule has 17 heavy (non-hydrogen) atoms. The van der Waals surface area contributed by atoms with E-state index in [0.717, 1.165) is 13.0 Å². The highest BCUT2D eigenvalue weighted by molar-refractivity contribution is 5.87. The van der Waals surface area contributed by atoms with Gasteiger partial charge in [0.25, 0.3) is 0 Å². The minimum atomic E-state index is -0.139. The molecule has 5 heteroatoms. The van der Waals surface area contributed by atoms with E-state index in [9.17, 15) is 9.59 Å². The van der Waals surface area contributed by atoms with Gasteiger partial charge in [-0.1, -0.05) is 6.92 Å². The van der Waals surface area contributed by atoms with Gasteiger partial charge in [0.1, 0.15) is 0 Å². The van der Waals surface area contributed by atoms with E-state index in [4.69, 9.17) is 0 Å². The van der Waals surface area contributed by atoms with Gasteiger partial charge in [-0.15, -0.1) is 0 Å². The third-order valence-electron chi connectivity index (χ3n) is 3.35. The number of amides is 2. The van der Waals surface area contributed by atoms with E-state index in [2.05, 4.69) is 17.6 Å². The SMILES string of the molecule is CCN(CC)C(=O)CNC(=O)C1NCCC1C. The van der Waals surface area contributed by atoms with Crippen molar-refractivity contribution in [2.45, 2.75) is 33.2 Å². The maximum atomic E-state index is 11.8. The maximum Gasteiger partial charge on any atom is 0.241 e. The largest absolute Gasteiger partial charge is 0.346 e. The lowest BCUT2D eigenvalue weighted by Crippen LogP contribution is -2.47. The number of hydrogen-bond acceptors (Lipinski definition) is 3. The first kappa shape index (κ1) is 14.0. The number of rotatable bonds is 5. The standard InChI is InChI=1S/C12H23N3O2/c1-4-15(5-2)10(16)8-14-12(17)11-9(3)6-7-13-11/h9,11,13H,4-8H2,1-3H3,(H,14,17). The molecule has 1 aliphatic heterocycles. The molecule has 0 aromatic rings. The third-order valence-corrected chi connectivity index (χ3v) is 3.35. The van der Waals surface area contributed by atoms with E-state index in [0.29, 0.717) is 19.0 Å². The maximum absolute atomic E-state index is 11.8. The molecule has 0 radical (unpaired) electrons. The van der Waals surface area contributed by atoms with Crippen LogP contribution in [0.5, 0.6) is 0 Å². The predicted molar refractivity (Wildman–Crippen MR) is 66.5 cm³/mol. The van der Waals surface area contributed by atoms with Gasteiger partial charge >= 0.3 is 0 Å². The molecule has 98 valence electrons. The fourth-order valence-corrected chi connectivity index (χ4v) is 2.15. The van der Waals surface area contributed by atoms with Gasteiger partial charge in [0.15, 0.2) is 0 Å². The van der Waals surface area contributed by atoms with E-state index >= 15 is 0 Å². The number of nitrogens with one attached hydrogen (secondary N) is 2. The van der Waals surface area contributed by atoms with Gasteiger partial charge in [-0.3, -0.25) is 9.59 Å². The van der Waals surface area contributed by atoms with Crippen molar-refractivity contribution in [1.29, 1.82) is 0 Å². The Labute approximate surface area is 103 Å². The summed E-state index contributed by atoms with van der Waals surface area (Å²) in [5, 5.41) is 5.86. The van der Waals surface area contributed by atoms with Crippen molar-refractivity contribution >= 4 is 11.8 Å². The van der Waals surface area contributed by atoms with Crippen LogP contribution in [0.4, 0.5) is 0 Å². The summed E-state index contributed by atoms with van der Waals surface area (Å²) in [4.78, 5) is 25.2. The molecule has 1 rings (SSSR count). The Morgan fingerprint density at radius 3 is 2.47 bits per heavy atom. The van der Waals surface area contributed by atoms with Gasteiger partial charge in [0, 0.05) is 13.1 Å². The summed E-state index contributed by atoms with van der Waals surface area (Å²) in [6.45, 7) is 8.27. The summed E-state index contributed by atoms with van der Waals surface area (Å²) in [5.74, 6) is 0.267. The highest BCUT2D eigenvalue weighted by atomic mass is 16.2. The quantitative estimate of drug-likeness (QED) is 0.710. The van der Waals surface area contributed by atoms with E-state index in [1.165, 1.54) is 0 Å². The van der Waals surface area contributed by atoms with Crippen LogP contribution in [0.2, 0.25) is 0 Å². The number of carbonyl (C=O) groups is 2. The lowest BCUT2D eigenvalue weighted by molar-refractivity contribution is -0.133. The predicted octanol–water partition coefficient (Wildman–Crippen LogP) is -0.0310. The average molecular weight is 241 g/mol. The summed E-state index contributed by atoms with van der Waals surface area (Å²) < 4.78 is 0. The summed E-state index contributed by atoms with van der Waals surface area (Å²) in [5.41, 5.74) is 0. The number of nitrogens with zero attached hydrogens (tertiary/aromatic N) is 1. The Bertz CT molecular complexity index is 277. The van der Waals surface area contributed by atoms with Crippen molar-refractivity contribution in [2.75, 3.05) is 26.2 Å². The highest BCUT2D eigenvalue weighted by Gasteiger charge is 2.29. The molecule has 0 bridgehead atoms. The molecular formula is C12H23N3O2. The Morgan fingerprint density at radius 2 is 2.00 bits per heavy atom. The molecule has 1 fully saturated rings. The van der Waals surface area contributed by atoms with Crippen LogP contribution in [0.3, 0.4) is 0 Å².